The van der Waals surface area contributed by atoms with E-state index < -0.39 is 6.04 Å². The summed E-state index contributed by atoms with van der Waals surface area (Å²) < 4.78 is 0. The van der Waals surface area contributed by atoms with Gasteiger partial charge in [-0.05, 0) is 11.6 Å². The molecule has 3 aliphatic rings. The lowest BCUT2D eigenvalue weighted by molar-refractivity contribution is 0.0948. The highest BCUT2D eigenvalue weighted by Gasteiger charge is 2.43. The van der Waals surface area contributed by atoms with Gasteiger partial charge in [-0.2, -0.15) is 0 Å². The lowest BCUT2D eigenvalue weighted by atomic mass is 9.72. The third kappa shape index (κ3) is 1.36. The SMILES string of the molecule is O=C1c2ccccc2C2=NC=CC3=C(Cl)C=NC1C23. The van der Waals surface area contributed by atoms with Gasteiger partial charge in [-0.3, -0.25) is 14.8 Å². The van der Waals surface area contributed by atoms with Crippen LogP contribution >= 0.6 is 11.6 Å². The molecule has 2 unspecified atom stereocenters. The molecule has 0 radical (unpaired) electrons. The number of carbonyl (C=O) groups is 1. The Morgan fingerprint density at radius 2 is 1.95 bits per heavy atom. The predicted octanol–water partition coefficient (Wildman–Crippen LogP) is 2.76. The highest BCUT2D eigenvalue weighted by molar-refractivity contribution is 6.41. The van der Waals surface area contributed by atoms with E-state index in [0.717, 1.165) is 16.8 Å². The lowest BCUT2D eigenvalue weighted by Crippen LogP contribution is -2.43. The topological polar surface area (TPSA) is 41.8 Å². The monoisotopic (exact) mass is 268 g/mol. The van der Waals surface area contributed by atoms with Crippen molar-refractivity contribution in [1.82, 2.24) is 0 Å². The summed E-state index contributed by atoms with van der Waals surface area (Å²) in [5, 5.41) is 0.595. The van der Waals surface area contributed by atoms with Crippen LogP contribution in [0.5, 0.6) is 0 Å². The average molecular weight is 269 g/mol. The van der Waals surface area contributed by atoms with Crippen molar-refractivity contribution in [2.45, 2.75) is 6.04 Å². The smallest absolute Gasteiger partial charge is 0.188 e. The number of hydrogen-bond acceptors (Lipinski definition) is 3. The van der Waals surface area contributed by atoms with E-state index >= 15 is 0 Å². The average Bonchev–Trinajstić information content (AvgIpc) is 2.46. The fraction of sp³-hybridized carbons (Fsp3) is 0.133. The summed E-state index contributed by atoms with van der Waals surface area (Å²) in [6, 6.07) is 7.14. The Bertz CT molecular complexity index is 727. The molecule has 1 aliphatic carbocycles. The van der Waals surface area contributed by atoms with Crippen molar-refractivity contribution in [3.63, 3.8) is 0 Å². The fourth-order valence-corrected chi connectivity index (χ4v) is 3.16. The first kappa shape index (κ1) is 10.9. The summed E-state index contributed by atoms with van der Waals surface area (Å²) in [5.41, 5.74) is 3.44. The highest BCUT2D eigenvalue weighted by Crippen LogP contribution is 2.39. The van der Waals surface area contributed by atoms with E-state index in [4.69, 9.17) is 11.6 Å². The van der Waals surface area contributed by atoms with Crippen LogP contribution in [0.1, 0.15) is 15.9 Å². The first-order valence-corrected chi connectivity index (χ1v) is 6.46. The molecule has 0 saturated heterocycles. The molecule has 1 aromatic rings. The molecule has 0 aromatic heterocycles. The fourth-order valence-electron chi connectivity index (χ4n) is 2.92. The molecule has 3 nitrogen and oxygen atoms in total. The van der Waals surface area contributed by atoms with Crippen molar-refractivity contribution in [3.8, 4) is 0 Å². The Labute approximate surface area is 115 Å². The molecule has 2 heterocycles. The van der Waals surface area contributed by atoms with Gasteiger partial charge in [-0.15, -0.1) is 0 Å². The molecule has 0 spiro atoms. The van der Waals surface area contributed by atoms with Gasteiger partial charge in [0.1, 0.15) is 6.04 Å². The van der Waals surface area contributed by atoms with Crippen LogP contribution in [0.25, 0.3) is 0 Å². The van der Waals surface area contributed by atoms with Gasteiger partial charge in [0.2, 0.25) is 0 Å². The summed E-state index contributed by atoms with van der Waals surface area (Å²) in [5.74, 6) is -0.0855. The maximum Gasteiger partial charge on any atom is 0.188 e. The van der Waals surface area contributed by atoms with Crippen LogP contribution in [-0.2, 0) is 0 Å². The van der Waals surface area contributed by atoms with Gasteiger partial charge in [0.05, 0.1) is 16.7 Å². The van der Waals surface area contributed by atoms with Crippen LogP contribution in [0, 0.1) is 5.92 Å². The summed E-state index contributed by atoms with van der Waals surface area (Å²) >= 11 is 6.19. The Morgan fingerprint density at radius 3 is 2.79 bits per heavy atom. The van der Waals surface area contributed by atoms with Crippen LogP contribution in [0.3, 0.4) is 0 Å². The number of aliphatic imine (C=N–C) groups is 2. The molecule has 92 valence electrons. The Hall–Kier alpha value is -2.00. The molecule has 1 aromatic carbocycles. The standard InChI is InChI=1S/C15H9ClN2O/c16-11-7-18-14-12-10(11)5-6-17-13(12)8-3-1-2-4-9(8)15(14)19/h1-7,12,14H. The first-order valence-electron chi connectivity index (χ1n) is 6.08. The van der Waals surface area contributed by atoms with E-state index in [1.807, 2.05) is 30.3 Å². The molecule has 4 rings (SSSR count). The highest BCUT2D eigenvalue weighted by atomic mass is 35.5. The number of nitrogens with zero attached hydrogens (tertiary/aromatic N) is 2. The van der Waals surface area contributed by atoms with Gasteiger partial charge >= 0.3 is 0 Å². The van der Waals surface area contributed by atoms with Crippen molar-refractivity contribution in [2.24, 2.45) is 15.9 Å². The van der Waals surface area contributed by atoms with Crippen LogP contribution < -0.4 is 0 Å². The van der Waals surface area contributed by atoms with Gasteiger partial charge in [0.15, 0.2) is 5.78 Å². The van der Waals surface area contributed by atoms with Gasteiger partial charge in [-0.1, -0.05) is 35.9 Å². The van der Waals surface area contributed by atoms with Gasteiger partial charge < -0.3 is 0 Å². The minimum absolute atomic E-state index is 0.0489. The molecular formula is C15H9ClN2O. The van der Waals surface area contributed by atoms with Crippen molar-refractivity contribution in [2.75, 3.05) is 0 Å². The maximum atomic E-state index is 12.5. The number of halogens is 1. The van der Waals surface area contributed by atoms with Crippen molar-refractivity contribution in [3.05, 3.63) is 58.3 Å². The molecule has 0 fully saturated rings. The van der Waals surface area contributed by atoms with Crippen LogP contribution in [0.4, 0.5) is 0 Å². The van der Waals surface area contributed by atoms with E-state index in [9.17, 15) is 4.79 Å². The third-order valence-corrected chi connectivity index (χ3v) is 4.09. The number of carbonyl (C=O) groups excluding carboxylic acids is 1. The zero-order chi connectivity index (χ0) is 13.0. The van der Waals surface area contributed by atoms with Crippen LogP contribution in [-0.4, -0.2) is 23.8 Å². The quantitative estimate of drug-likeness (QED) is 0.713. The lowest BCUT2D eigenvalue weighted by Gasteiger charge is -2.35. The van der Waals surface area contributed by atoms with E-state index in [0.29, 0.717) is 10.6 Å². The van der Waals surface area contributed by atoms with E-state index in [1.165, 1.54) is 0 Å². The zero-order valence-corrected chi connectivity index (χ0v) is 10.6. The summed E-state index contributed by atoms with van der Waals surface area (Å²) in [4.78, 5) is 21.3. The second-order valence-corrected chi connectivity index (χ2v) is 5.15. The predicted molar refractivity (Wildman–Crippen MR) is 75.1 cm³/mol. The number of ketones is 1. The molecule has 0 amide bonds. The molecule has 4 heteroatoms. The van der Waals surface area contributed by atoms with Crippen LogP contribution in [0.15, 0.2) is 57.1 Å². The maximum absolute atomic E-state index is 12.5. The Morgan fingerprint density at radius 1 is 1.16 bits per heavy atom. The van der Waals surface area contributed by atoms with E-state index in [1.54, 1.807) is 12.4 Å². The number of rotatable bonds is 0. The summed E-state index contributed by atoms with van der Waals surface area (Å²) in [6.45, 7) is 0. The second-order valence-electron chi connectivity index (χ2n) is 4.74. The van der Waals surface area contributed by atoms with Gasteiger partial charge in [0, 0.05) is 23.5 Å². The third-order valence-electron chi connectivity index (χ3n) is 3.77. The molecule has 0 saturated carbocycles. The van der Waals surface area contributed by atoms with E-state index in [2.05, 4.69) is 9.98 Å². The number of allylic oxidation sites excluding steroid dienone is 2. The number of benzene rings is 1. The summed E-state index contributed by atoms with van der Waals surface area (Å²) in [6.07, 6.45) is 5.19. The number of Topliss-reactive ketones (excluding diaryl/α,β-unsaturated/α-hetero) is 1. The number of dihydropyridines is 1. The molecular weight excluding hydrogens is 260 g/mol. The molecule has 0 N–H and O–H groups in total. The van der Waals surface area contributed by atoms with Crippen molar-refractivity contribution < 1.29 is 4.79 Å². The first-order chi connectivity index (χ1) is 9.27. The number of fused-ring (bicyclic) bond motifs is 2. The Kier molecular flexibility index (Phi) is 2.15. The normalized spacial score (nSPS) is 27.0. The minimum atomic E-state index is -0.420. The zero-order valence-electron chi connectivity index (χ0n) is 9.88. The molecule has 2 atom stereocenters. The molecule has 0 bridgehead atoms. The van der Waals surface area contributed by atoms with Crippen molar-refractivity contribution in [1.29, 1.82) is 0 Å². The molecule has 19 heavy (non-hydrogen) atoms. The van der Waals surface area contributed by atoms with Crippen molar-refractivity contribution >= 4 is 29.3 Å². The van der Waals surface area contributed by atoms with Gasteiger partial charge in [0.25, 0.3) is 0 Å². The van der Waals surface area contributed by atoms with Crippen LogP contribution in [0.2, 0.25) is 0 Å². The van der Waals surface area contributed by atoms with E-state index in [-0.39, 0.29) is 11.7 Å². The summed E-state index contributed by atoms with van der Waals surface area (Å²) in [7, 11) is 0. The van der Waals surface area contributed by atoms with Gasteiger partial charge in [-0.25, -0.2) is 0 Å². The second kappa shape index (κ2) is 3.75. The minimum Gasteiger partial charge on any atom is -0.292 e. The number of hydrogen-bond donors (Lipinski definition) is 0. The largest absolute Gasteiger partial charge is 0.292 e. The molecule has 2 aliphatic heterocycles. The Balaban J connectivity index is 2.04.